The van der Waals surface area contributed by atoms with E-state index in [4.69, 9.17) is 4.74 Å². The summed E-state index contributed by atoms with van der Waals surface area (Å²) in [5.74, 6) is 0.558. The van der Waals surface area contributed by atoms with E-state index in [1.807, 2.05) is 45.0 Å². The Balaban J connectivity index is 1.86. The Morgan fingerprint density at radius 3 is 2.65 bits per heavy atom. The van der Waals surface area contributed by atoms with Gasteiger partial charge in [0.1, 0.15) is 0 Å². The molecule has 1 aliphatic heterocycles. The summed E-state index contributed by atoms with van der Waals surface area (Å²) in [5.41, 5.74) is 1.48. The van der Waals surface area contributed by atoms with Gasteiger partial charge in [-0.05, 0) is 43.2 Å². The van der Waals surface area contributed by atoms with Crippen molar-refractivity contribution in [2.24, 2.45) is 11.3 Å². The fourth-order valence-corrected chi connectivity index (χ4v) is 3.26. The maximum absolute atomic E-state index is 12.5. The van der Waals surface area contributed by atoms with E-state index < -0.39 is 11.5 Å². The van der Waals surface area contributed by atoms with Gasteiger partial charge < -0.3 is 15.2 Å². The lowest BCUT2D eigenvalue weighted by Gasteiger charge is -2.31. The first kappa shape index (κ1) is 18.0. The molecule has 0 aromatic heterocycles. The Morgan fingerprint density at radius 2 is 2.00 bits per heavy atom. The highest BCUT2D eigenvalue weighted by Gasteiger charge is 2.31. The van der Waals surface area contributed by atoms with Gasteiger partial charge in [-0.2, -0.15) is 0 Å². The first-order valence-corrected chi connectivity index (χ1v) is 8.50. The first-order chi connectivity index (χ1) is 10.9. The number of amides is 1. The fraction of sp³-hybridized carbons (Fsp3) is 0.632. The van der Waals surface area contributed by atoms with Crippen molar-refractivity contribution >= 4 is 5.91 Å². The van der Waals surface area contributed by atoms with Crippen LogP contribution in [-0.4, -0.2) is 30.8 Å². The number of benzene rings is 1. The molecule has 4 heteroatoms. The smallest absolute Gasteiger partial charge is 0.225 e. The summed E-state index contributed by atoms with van der Waals surface area (Å²) in [6.07, 6.45) is 2.26. The number of hydrogen-bond donors (Lipinski definition) is 2. The van der Waals surface area contributed by atoms with Gasteiger partial charge in [0.05, 0.1) is 6.10 Å². The van der Waals surface area contributed by atoms with Gasteiger partial charge in [0, 0.05) is 25.2 Å². The van der Waals surface area contributed by atoms with Gasteiger partial charge in [-0.3, -0.25) is 4.79 Å². The molecule has 0 saturated carbocycles. The highest BCUT2D eigenvalue weighted by atomic mass is 16.5. The second kappa shape index (κ2) is 7.93. The Kier molecular flexibility index (Phi) is 6.19. The number of hydrogen-bond acceptors (Lipinski definition) is 3. The van der Waals surface area contributed by atoms with Crippen molar-refractivity contribution in [3.63, 3.8) is 0 Å². The minimum absolute atomic E-state index is 0.0108. The number of aliphatic hydroxyl groups excluding tert-OH is 1. The lowest BCUT2D eigenvalue weighted by atomic mass is 9.79. The van der Waals surface area contributed by atoms with E-state index in [0.29, 0.717) is 5.92 Å². The van der Waals surface area contributed by atoms with Gasteiger partial charge >= 0.3 is 0 Å². The quantitative estimate of drug-likeness (QED) is 0.847. The lowest BCUT2D eigenvalue weighted by molar-refractivity contribution is -0.131. The summed E-state index contributed by atoms with van der Waals surface area (Å²) in [7, 11) is 0. The van der Waals surface area contributed by atoms with Gasteiger partial charge in [-0.1, -0.05) is 38.1 Å². The molecule has 1 saturated heterocycles. The van der Waals surface area contributed by atoms with Crippen LogP contribution in [0.3, 0.4) is 0 Å². The molecule has 0 aliphatic carbocycles. The van der Waals surface area contributed by atoms with Crippen molar-refractivity contribution in [1.29, 1.82) is 0 Å². The molecule has 1 fully saturated rings. The number of carbonyl (C=O) groups is 1. The van der Waals surface area contributed by atoms with Crippen molar-refractivity contribution < 1.29 is 14.6 Å². The molecule has 0 radical (unpaired) electrons. The Labute approximate surface area is 139 Å². The minimum atomic E-state index is -0.668. The molecule has 128 valence electrons. The standard InChI is InChI=1S/C19H29NO3/c1-14-6-4-5-7-16(14)17(21)13-20-18(22)19(2,3)12-15-8-10-23-11-9-15/h4-7,15,17,21H,8-13H2,1-3H3,(H,20,22). The van der Waals surface area contributed by atoms with Gasteiger partial charge in [0.15, 0.2) is 0 Å². The molecule has 1 aromatic carbocycles. The largest absolute Gasteiger partial charge is 0.387 e. The molecule has 0 spiro atoms. The minimum Gasteiger partial charge on any atom is -0.387 e. The molecule has 1 aromatic rings. The zero-order valence-electron chi connectivity index (χ0n) is 14.5. The van der Waals surface area contributed by atoms with Crippen LogP contribution in [-0.2, 0) is 9.53 Å². The van der Waals surface area contributed by atoms with Crippen LogP contribution >= 0.6 is 0 Å². The van der Waals surface area contributed by atoms with Gasteiger partial charge in [-0.25, -0.2) is 0 Å². The molecule has 4 nitrogen and oxygen atoms in total. The number of carbonyl (C=O) groups excluding carboxylic acids is 1. The Hall–Kier alpha value is -1.39. The molecule has 2 N–H and O–H groups in total. The number of aryl methyl sites for hydroxylation is 1. The van der Waals surface area contributed by atoms with Crippen LogP contribution in [0.5, 0.6) is 0 Å². The molecule has 1 heterocycles. The van der Waals surface area contributed by atoms with Crippen LogP contribution in [0.25, 0.3) is 0 Å². The zero-order chi connectivity index (χ0) is 16.9. The summed E-state index contributed by atoms with van der Waals surface area (Å²) in [5, 5.41) is 13.2. The van der Waals surface area contributed by atoms with Crippen LogP contribution in [0, 0.1) is 18.3 Å². The van der Waals surface area contributed by atoms with E-state index >= 15 is 0 Å². The number of nitrogens with one attached hydrogen (secondary N) is 1. The molecular weight excluding hydrogens is 290 g/mol. The maximum Gasteiger partial charge on any atom is 0.225 e. The van der Waals surface area contributed by atoms with Crippen molar-refractivity contribution in [3.8, 4) is 0 Å². The lowest BCUT2D eigenvalue weighted by Crippen LogP contribution is -2.40. The van der Waals surface area contributed by atoms with Crippen LogP contribution in [0.15, 0.2) is 24.3 Å². The number of ether oxygens (including phenoxy) is 1. The Bertz CT molecular complexity index is 521. The van der Waals surface area contributed by atoms with Crippen molar-refractivity contribution in [2.45, 2.75) is 46.1 Å². The third-order valence-electron chi connectivity index (χ3n) is 4.76. The van der Waals surface area contributed by atoms with E-state index in [1.54, 1.807) is 0 Å². The van der Waals surface area contributed by atoms with Gasteiger partial charge in [0.2, 0.25) is 5.91 Å². The second-order valence-corrected chi connectivity index (χ2v) is 7.23. The summed E-state index contributed by atoms with van der Waals surface area (Å²) >= 11 is 0. The van der Waals surface area contributed by atoms with Crippen LogP contribution in [0.4, 0.5) is 0 Å². The molecule has 23 heavy (non-hydrogen) atoms. The molecule has 1 atom stereocenters. The van der Waals surface area contributed by atoms with Gasteiger partial charge in [-0.15, -0.1) is 0 Å². The third kappa shape index (κ3) is 5.05. The average molecular weight is 319 g/mol. The van der Waals surface area contributed by atoms with Crippen LogP contribution < -0.4 is 5.32 Å². The molecule has 1 unspecified atom stereocenters. The molecule has 1 aliphatic rings. The maximum atomic E-state index is 12.5. The van der Waals surface area contributed by atoms with Gasteiger partial charge in [0.25, 0.3) is 0 Å². The van der Waals surface area contributed by atoms with Crippen molar-refractivity contribution in [2.75, 3.05) is 19.8 Å². The zero-order valence-corrected chi connectivity index (χ0v) is 14.5. The molecule has 0 bridgehead atoms. The molecular formula is C19H29NO3. The van der Waals surface area contributed by atoms with E-state index in [0.717, 1.165) is 43.6 Å². The van der Waals surface area contributed by atoms with E-state index in [1.165, 1.54) is 0 Å². The van der Waals surface area contributed by atoms with E-state index in [-0.39, 0.29) is 12.5 Å². The molecule has 2 rings (SSSR count). The highest BCUT2D eigenvalue weighted by molar-refractivity contribution is 5.81. The summed E-state index contributed by atoms with van der Waals surface area (Å²) in [4.78, 5) is 12.5. The topological polar surface area (TPSA) is 58.6 Å². The monoisotopic (exact) mass is 319 g/mol. The summed E-state index contributed by atoms with van der Waals surface area (Å²) in [6, 6.07) is 7.72. The third-order valence-corrected chi connectivity index (χ3v) is 4.76. The highest BCUT2D eigenvalue weighted by Crippen LogP contribution is 2.31. The molecule has 1 amide bonds. The summed E-state index contributed by atoms with van der Waals surface area (Å²) < 4.78 is 5.38. The van der Waals surface area contributed by atoms with Crippen molar-refractivity contribution in [3.05, 3.63) is 35.4 Å². The SMILES string of the molecule is Cc1ccccc1C(O)CNC(=O)C(C)(C)CC1CCOCC1. The Morgan fingerprint density at radius 1 is 1.35 bits per heavy atom. The second-order valence-electron chi connectivity index (χ2n) is 7.23. The van der Waals surface area contributed by atoms with Crippen molar-refractivity contribution in [1.82, 2.24) is 5.32 Å². The normalized spacial score (nSPS) is 17.7. The predicted molar refractivity (Wildman–Crippen MR) is 91.1 cm³/mol. The van der Waals surface area contributed by atoms with E-state index in [9.17, 15) is 9.90 Å². The predicted octanol–water partition coefficient (Wildman–Crippen LogP) is 2.99. The summed E-state index contributed by atoms with van der Waals surface area (Å²) in [6.45, 7) is 7.79. The average Bonchev–Trinajstić information content (AvgIpc) is 2.53. The van der Waals surface area contributed by atoms with Crippen LogP contribution in [0.1, 0.15) is 50.3 Å². The first-order valence-electron chi connectivity index (χ1n) is 8.50. The number of aliphatic hydroxyl groups is 1. The van der Waals surface area contributed by atoms with E-state index in [2.05, 4.69) is 5.32 Å². The fourth-order valence-electron chi connectivity index (χ4n) is 3.26. The van der Waals surface area contributed by atoms with Crippen LogP contribution in [0.2, 0.25) is 0 Å². The number of rotatable bonds is 6.